The van der Waals surface area contributed by atoms with Crippen molar-refractivity contribution in [2.45, 2.75) is 37.6 Å². The Morgan fingerprint density at radius 1 is 0.929 bits per heavy atom. The van der Waals surface area contributed by atoms with Crippen LogP contribution < -0.4 is 9.47 Å². The van der Waals surface area contributed by atoms with Gasteiger partial charge in [-0.25, -0.2) is 0 Å². The normalized spacial score (nSPS) is 27.1. The number of aliphatic hydroxyl groups excluding tert-OH is 2. The van der Waals surface area contributed by atoms with E-state index in [4.69, 9.17) is 54.4 Å². The Kier molecular flexibility index (Phi) is 6.98. The van der Waals surface area contributed by atoms with Gasteiger partial charge in [0.25, 0.3) is 0 Å². The van der Waals surface area contributed by atoms with Gasteiger partial charge >= 0.3 is 5.24 Å². The monoisotopic (exact) mass is 444 g/mol. The van der Waals surface area contributed by atoms with Crippen molar-refractivity contribution in [1.82, 2.24) is 0 Å². The maximum absolute atomic E-state index is 10.6. The Labute approximate surface area is 177 Å². The van der Waals surface area contributed by atoms with E-state index in [1.165, 1.54) is 0 Å². The van der Waals surface area contributed by atoms with Gasteiger partial charge in [-0.3, -0.25) is 0 Å². The molecule has 2 aromatic carbocycles. The largest absolute Gasteiger partial charge is 0.462 e. The third-order valence-electron chi connectivity index (χ3n) is 4.09. The van der Waals surface area contributed by atoms with Crippen LogP contribution in [-0.4, -0.2) is 46.2 Å². The molecule has 2 aromatic rings. The van der Waals surface area contributed by atoms with E-state index in [1.807, 2.05) is 0 Å². The average molecular weight is 445 g/mol. The second-order valence-electron chi connectivity index (χ2n) is 6.15. The molecule has 5 atom stereocenters. The first-order valence-electron chi connectivity index (χ1n) is 8.41. The first-order chi connectivity index (χ1) is 13.3. The summed E-state index contributed by atoms with van der Waals surface area (Å²) in [7, 11) is 0. The highest BCUT2D eigenvalue weighted by Gasteiger charge is 2.46. The fraction of sp³-hybridized carbons (Fsp3) is 0.316. The standard InChI is InChI=1S/C19H18Cl2O6S/c1-10-15(22)17(27-19(28)26-14-8-4-12(21)5-9-14)16(23)18(24-10)25-13-6-2-11(20)3-7-13/h2-10,15-18,22-23H,1H3/t10-,15+,16-,17+,18+/m0/s1. The lowest BCUT2D eigenvalue weighted by atomic mass is 10.00. The van der Waals surface area contributed by atoms with Gasteiger partial charge in [0.1, 0.15) is 17.6 Å². The highest BCUT2D eigenvalue weighted by molar-refractivity contribution is 7.79. The zero-order valence-electron chi connectivity index (χ0n) is 14.7. The predicted octanol–water partition coefficient (Wildman–Crippen LogP) is 3.59. The minimum Gasteiger partial charge on any atom is -0.462 e. The van der Waals surface area contributed by atoms with Crippen molar-refractivity contribution < 1.29 is 29.2 Å². The fourth-order valence-electron chi connectivity index (χ4n) is 2.61. The van der Waals surface area contributed by atoms with Crippen LogP contribution in [0, 0.1) is 0 Å². The Balaban J connectivity index is 1.66. The molecule has 150 valence electrons. The zero-order valence-corrected chi connectivity index (χ0v) is 17.0. The molecule has 28 heavy (non-hydrogen) atoms. The summed E-state index contributed by atoms with van der Waals surface area (Å²) < 4.78 is 22.1. The molecule has 3 rings (SSSR count). The Morgan fingerprint density at radius 2 is 1.46 bits per heavy atom. The Morgan fingerprint density at radius 3 is 2.04 bits per heavy atom. The van der Waals surface area contributed by atoms with E-state index in [9.17, 15) is 10.2 Å². The van der Waals surface area contributed by atoms with Crippen LogP contribution in [0.1, 0.15) is 6.92 Å². The number of benzene rings is 2. The molecule has 0 radical (unpaired) electrons. The highest BCUT2D eigenvalue weighted by Crippen LogP contribution is 2.27. The molecule has 1 aliphatic heterocycles. The molecule has 0 aromatic heterocycles. The van der Waals surface area contributed by atoms with Gasteiger partial charge < -0.3 is 29.2 Å². The lowest BCUT2D eigenvalue weighted by Gasteiger charge is -2.40. The van der Waals surface area contributed by atoms with E-state index in [2.05, 4.69) is 0 Å². The molecule has 1 saturated heterocycles. The number of ether oxygens (including phenoxy) is 4. The van der Waals surface area contributed by atoms with E-state index >= 15 is 0 Å². The summed E-state index contributed by atoms with van der Waals surface area (Å²) in [6, 6.07) is 13.1. The maximum atomic E-state index is 10.6. The number of aliphatic hydroxyl groups is 2. The Bertz CT molecular complexity index is 801. The molecule has 0 amide bonds. The van der Waals surface area contributed by atoms with Crippen LogP contribution in [0.4, 0.5) is 0 Å². The second-order valence-corrected chi connectivity index (χ2v) is 7.36. The number of hydrogen-bond donors (Lipinski definition) is 2. The zero-order chi connectivity index (χ0) is 20.3. The van der Waals surface area contributed by atoms with Crippen LogP contribution in [0.25, 0.3) is 0 Å². The van der Waals surface area contributed by atoms with E-state index in [0.29, 0.717) is 21.5 Å². The molecular weight excluding hydrogens is 427 g/mol. The van der Waals surface area contributed by atoms with Gasteiger partial charge in [-0.2, -0.15) is 0 Å². The van der Waals surface area contributed by atoms with Crippen molar-refractivity contribution in [3.63, 3.8) is 0 Å². The van der Waals surface area contributed by atoms with Crippen LogP contribution >= 0.6 is 35.4 Å². The van der Waals surface area contributed by atoms with Crippen LogP contribution in [0.2, 0.25) is 10.0 Å². The minimum atomic E-state index is -1.33. The van der Waals surface area contributed by atoms with Gasteiger partial charge in [0.2, 0.25) is 6.29 Å². The van der Waals surface area contributed by atoms with Crippen LogP contribution in [0.15, 0.2) is 48.5 Å². The maximum Gasteiger partial charge on any atom is 0.358 e. The fourth-order valence-corrected chi connectivity index (χ4v) is 3.07. The number of rotatable bonds is 4. The van der Waals surface area contributed by atoms with Gasteiger partial charge in [0.05, 0.1) is 6.10 Å². The smallest absolute Gasteiger partial charge is 0.358 e. The lowest BCUT2D eigenvalue weighted by Crippen LogP contribution is -2.59. The van der Waals surface area contributed by atoms with Crippen LogP contribution in [0.3, 0.4) is 0 Å². The summed E-state index contributed by atoms with van der Waals surface area (Å²) in [5.41, 5.74) is 0. The molecule has 0 spiro atoms. The van der Waals surface area contributed by atoms with E-state index < -0.39 is 30.7 Å². The van der Waals surface area contributed by atoms with Gasteiger partial charge in [-0.05, 0) is 55.5 Å². The quantitative estimate of drug-likeness (QED) is 0.697. The van der Waals surface area contributed by atoms with Crippen molar-refractivity contribution in [2.75, 3.05) is 0 Å². The van der Waals surface area contributed by atoms with Gasteiger partial charge in [0.15, 0.2) is 12.2 Å². The molecule has 0 bridgehead atoms. The molecule has 1 aliphatic rings. The summed E-state index contributed by atoms with van der Waals surface area (Å²) in [5.74, 6) is 0.850. The van der Waals surface area contributed by atoms with Gasteiger partial charge in [0, 0.05) is 22.3 Å². The molecule has 0 saturated carbocycles. The van der Waals surface area contributed by atoms with E-state index in [1.54, 1.807) is 55.5 Å². The average Bonchev–Trinajstić information content (AvgIpc) is 2.67. The Hall–Kier alpha value is -1.61. The van der Waals surface area contributed by atoms with Crippen molar-refractivity contribution in [3.05, 3.63) is 58.6 Å². The first-order valence-corrected chi connectivity index (χ1v) is 9.58. The van der Waals surface area contributed by atoms with Crippen LogP contribution in [-0.2, 0) is 9.47 Å². The highest BCUT2D eigenvalue weighted by atomic mass is 35.5. The predicted molar refractivity (Wildman–Crippen MR) is 108 cm³/mol. The summed E-state index contributed by atoms with van der Waals surface area (Å²) in [6.45, 7) is 1.63. The third kappa shape index (κ3) is 5.26. The molecule has 6 nitrogen and oxygen atoms in total. The van der Waals surface area contributed by atoms with Crippen molar-refractivity contribution in [3.8, 4) is 11.5 Å². The molecule has 1 heterocycles. The molecule has 2 N–H and O–H groups in total. The number of thiocarbonyl (C=S) groups is 1. The SMILES string of the molecule is C[C@@H]1O[C@H](Oc2ccc(Cl)cc2)[C@@H](O)[C@H](OC(=S)Oc2ccc(Cl)cc2)[C@@H]1O. The van der Waals surface area contributed by atoms with Crippen molar-refractivity contribution in [1.29, 1.82) is 0 Å². The molecule has 0 aliphatic carbocycles. The summed E-state index contributed by atoms with van der Waals surface area (Å²) in [6.07, 6.45) is -5.34. The number of halogens is 2. The molecule has 1 fully saturated rings. The van der Waals surface area contributed by atoms with Crippen molar-refractivity contribution in [2.24, 2.45) is 0 Å². The van der Waals surface area contributed by atoms with Gasteiger partial charge in [-0.15, -0.1) is 0 Å². The summed E-state index contributed by atoms with van der Waals surface area (Å²) in [4.78, 5) is 0. The molecule has 0 unspecified atom stereocenters. The third-order valence-corrected chi connectivity index (χ3v) is 4.78. The summed E-state index contributed by atoms with van der Waals surface area (Å²) in [5, 5.41) is 21.8. The molecular formula is C19H18Cl2O6S. The topological polar surface area (TPSA) is 77.4 Å². The van der Waals surface area contributed by atoms with Gasteiger partial charge in [-0.1, -0.05) is 23.2 Å². The second kappa shape index (κ2) is 9.26. The van der Waals surface area contributed by atoms with E-state index in [0.717, 1.165) is 0 Å². The molecule has 9 heteroatoms. The number of hydrogen-bond acceptors (Lipinski definition) is 7. The van der Waals surface area contributed by atoms with E-state index in [-0.39, 0.29) is 5.24 Å². The lowest BCUT2D eigenvalue weighted by molar-refractivity contribution is -0.266. The first kappa shape index (κ1) is 21.1. The summed E-state index contributed by atoms with van der Waals surface area (Å²) >= 11 is 16.8. The van der Waals surface area contributed by atoms with Crippen LogP contribution in [0.5, 0.6) is 11.5 Å². The minimum absolute atomic E-state index is 0.259. The van der Waals surface area contributed by atoms with Crippen molar-refractivity contribution >= 4 is 40.7 Å².